The van der Waals surface area contributed by atoms with E-state index in [0.717, 1.165) is 23.6 Å². The number of methoxy groups -OCH3 is 2. The number of carbonyl (C=O) groups excluding carboxylic acids is 1. The van der Waals surface area contributed by atoms with Crippen molar-refractivity contribution in [3.8, 4) is 5.75 Å². The van der Waals surface area contributed by atoms with Gasteiger partial charge in [0.1, 0.15) is 11.5 Å². The summed E-state index contributed by atoms with van der Waals surface area (Å²) < 4.78 is 16.0. The lowest BCUT2D eigenvalue weighted by atomic mass is 9.80. The molecule has 1 atom stereocenters. The number of rotatable bonds is 4. The molecule has 1 aromatic heterocycles. The van der Waals surface area contributed by atoms with E-state index in [9.17, 15) is 4.79 Å². The van der Waals surface area contributed by atoms with E-state index in [1.165, 1.54) is 12.7 Å². The summed E-state index contributed by atoms with van der Waals surface area (Å²) in [7, 11) is 3.04. The van der Waals surface area contributed by atoms with Crippen molar-refractivity contribution in [1.29, 1.82) is 0 Å². The van der Waals surface area contributed by atoms with Crippen LogP contribution in [0, 0.1) is 0 Å². The molecule has 0 saturated heterocycles. The van der Waals surface area contributed by atoms with E-state index in [1.54, 1.807) is 13.2 Å². The summed E-state index contributed by atoms with van der Waals surface area (Å²) in [6.45, 7) is 7.26. The van der Waals surface area contributed by atoms with Gasteiger partial charge in [0, 0.05) is 5.54 Å². The third kappa shape index (κ3) is 3.11. The van der Waals surface area contributed by atoms with Crippen molar-refractivity contribution < 1.29 is 18.7 Å². The van der Waals surface area contributed by atoms with Crippen molar-refractivity contribution in [2.24, 2.45) is 0 Å². The third-order valence-electron chi connectivity index (χ3n) is 4.95. The largest absolute Gasteiger partial charge is 0.495 e. The van der Waals surface area contributed by atoms with Gasteiger partial charge in [-0.2, -0.15) is 0 Å². The van der Waals surface area contributed by atoms with E-state index in [1.807, 2.05) is 18.2 Å². The van der Waals surface area contributed by atoms with Crippen LogP contribution in [0.4, 0.5) is 5.69 Å². The molecule has 0 N–H and O–H groups in total. The molecule has 2 heterocycles. The Morgan fingerprint density at radius 3 is 2.72 bits per heavy atom. The molecule has 3 rings (SSSR count). The second-order valence-electron chi connectivity index (χ2n) is 7.16. The van der Waals surface area contributed by atoms with Crippen LogP contribution < -0.4 is 9.64 Å². The quantitative estimate of drug-likeness (QED) is 0.772. The molecule has 25 heavy (non-hydrogen) atoms. The Kier molecular flexibility index (Phi) is 4.50. The molecule has 1 aliphatic heterocycles. The maximum atomic E-state index is 11.6. The Hall–Kier alpha value is -2.43. The summed E-state index contributed by atoms with van der Waals surface area (Å²) in [4.78, 5) is 13.9. The molecule has 1 aliphatic rings. The van der Waals surface area contributed by atoms with Crippen molar-refractivity contribution in [2.75, 3.05) is 19.1 Å². The smallest absolute Gasteiger partial charge is 0.373 e. The summed E-state index contributed by atoms with van der Waals surface area (Å²) in [5, 5.41) is 0. The first kappa shape index (κ1) is 17.4. The fourth-order valence-electron chi connectivity index (χ4n) is 3.78. The number of furan rings is 1. The van der Waals surface area contributed by atoms with E-state index in [-0.39, 0.29) is 11.3 Å². The van der Waals surface area contributed by atoms with Crippen LogP contribution in [0.2, 0.25) is 0 Å². The summed E-state index contributed by atoms with van der Waals surface area (Å²) in [5.74, 6) is 1.78. The Balaban J connectivity index is 2.01. The zero-order valence-corrected chi connectivity index (χ0v) is 15.5. The highest BCUT2D eigenvalue weighted by Gasteiger charge is 2.38. The van der Waals surface area contributed by atoms with Crippen LogP contribution in [0.1, 0.15) is 55.0 Å². The van der Waals surface area contributed by atoms with Gasteiger partial charge in [-0.1, -0.05) is 19.1 Å². The van der Waals surface area contributed by atoms with Crippen molar-refractivity contribution in [1.82, 2.24) is 0 Å². The number of nitrogens with zero attached hydrogens (tertiary/aromatic N) is 1. The van der Waals surface area contributed by atoms with Crippen molar-refractivity contribution in [2.45, 2.75) is 45.2 Å². The predicted octanol–water partition coefficient (Wildman–Crippen LogP) is 4.37. The molecule has 0 bridgehead atoms. The minimum absolute atomic E-state index is 0.0702. The minimum Gasteiger partial charge on any atom is -0.495 e. The molecular weight excluding hydrogens is 318 g/mol. The lowest BCUT2D eigenvalue weighted by Crippen LogP contribution is -2.47. The second-order valence-corrected chi connectivity index (χ2v) is 7.16. The van der Waals surface area contributed by atoms with Crippen LogP contribution in [-0.4, -0.2) is 25.7 Å². The lowest BCUT2D eigenvalue weighted by Gasteiger charge is -2.47. The third-order valence-corrected chi connectivity index (χ3v) is 4.95. The standard InChI is InChI=1S/C20H25NO4/c1-13-11-20(2,3)21(18-15(13)7-6-8-16(18)23-4)12-14-9-10-17(25-14)19(22)24-5/h6-10,13H,11-12H2,1-5H3/t13-/m1/s1. The maximum absolute atomic E-state index is 11.6. The van der Waals surface area contributed by atoms with Crippen LogP contribution in [0.5, 0.6) is 5.75 Å². The SMILES string of the molecule is COC(=O)c1ccc(CN2c3c(OC)cccc3[C@H](C)CC2(C)C)o1. The number of anilines is 1. The van der Waals surface area contributed by atoms with Gasteiger partial charge in [0.15, 0.2) is 0 Å². The van der Waals surface area contributed by atoms with Crippen molar-refractivity contribution >= 4 is 11.7 Å². The highest BCUT2D eigenvalue weighted by atomic mass is 16.5. The number of hydrogen-bond acceptors (Lipinski definition) is 5. The Morgan fingerprint density at radius 1 is 1.28 bits per heavy atom. The van der Waals surface area contributed by atoms with E-state index >= 15 is 0 Å². The van der Waals surface area contributed by atoms with Crippen LogP contribution in [0.25, 0.3) is 0 Å². The first-order chi connectivity index (χ1) is 11.9. The number of esters is 1. The van der Waals surface area contributed by atoms with Gasteiger partial charge in [0.2, 0.25) is 5.76 Å². The van der Waals surface area contributed by atoms with E-state index < -0.39 is 5.97 Å². The van der Waals surface area contributed by atoms with Crippen LogP contribution >= 0.6 is 0 Å². The van der Waals surface area contributed by atoms with Crippen molar-refractivity contribution in [3.63, 3.8) is 0 Å². The van der Waals surface area contributed by atoms with Crippen molar-refractivity contribution in [3.05, 3.63) is 47.4 Å². The number of fused-ring (bicyclic) bond motifs is 1. The van der Waals surface area contributed by atoms with Gasteiger partial charge < -0.3 is 18.8 Å². The number of ether oxygens (including phenoxy) is 2. The maximum Gasteiger partial charge on any atom is 0.373 e. The van der Waals surface area contributed by atoms with Gasteiger partial charge in [-0.05, 0) is 49.9 Å². The molecule has 5 heteroatoms. The summed E-state index contributed by atoms with van der Waals surface area (Å²) in [6.07, 6.45) is 1.03. The first-order valence-electron chi connectivity index (χ1n) is 8.49. The van der Waals surface area contributed by atoms with E-state index in [2.05, 4.69) is 31.7 Å². The Morgan fingerprint density at radius 2 is 2.04 bits per heavy atom. The number of para-hydroxylation sites is 1. The second kappa shape index (κ2) is 6.47. The van der Waals surface area contributed by atoms with Gasteiger partial charge in [0.05, 0.1) is 26.5 Å². The number of carbonyl (C=O) groups is 1. The molecule has 0 fully saturated rings. The van der Waals surface area contributed by atoms with Gasteiger partial charge in [0.25, 0.3) is 0 Å². The molecule has 1 aromatic carbocycles. The summed E-state index contributed by atoms with van der Waals surface area (Å²) in [6, 6.07) is 9.67. The van der Waals surface area contributed by atoms with Gasteiger partial charge in [-0.3, -0.25) is 0 Å². The molecule has 2 aromatic rings. The molecule has 134 valence electrons. The van der Waals surface area contributed by atoms with E-state index in [4.69, 9.17) is 13.9 Å². The number of benzene rings is 1. The minimum atomic E-state index is -0.462. The molecule has 0 unspecified atom stereocenters. The molecule has 0 radical (unpaired) electrons. The van der Waals surface area contributed by atoms with Gasteiger partial charge in [-0.25, -0.2) is 4.79 Å². The average molecular weight is 343 g/mol. The molecular formula is C20H25NO4. The molecule has 0 amide bonds. The molecule has 0 spiro atoms. The van der Waals surface area contributed by atoms with Gasteiger partial charge in [-0.15, -0.1) is 0 Å². The first-order valence-corrected chi connectivity index (χ1v) is 8.49. The summed E-state index contributed by atoms with van der Waals surface area (Å²) >= 11 is 0. The Labute approximate surface area is 148 Å². The van der Waals surface area contributed by atoms with E-state index in [0.29, 0.717) is 12.5 Å². The highest BCUT2D eigenvalue weighted by molar-refractivity contribution is 5.86. The zero-order valence-electron chi connectivity index (χ0n) is 15.5. The molecule has 0 aliphatic carbocycles. The van der Waals surface area contributed by atoms with Gasteiger partial charge >= 0.3 is 5.97 Å². The molecule has 5 nitrogen and oxygen atoms in total. The Bertz CT molecular complexity index is 778. The monoisotopic (exact) mass is 343 g/mol. The predicted molar refractivity (Wildman–Crippen MR) is 96.3 cm³/mol. The number of hydrogen-bond donors (Lipinski definition) is 0. The fraction of sp³-hybridized carbons (Fsp3) is 0.450. The lowest BCUT2D eigenvalue weighted by molar-refractivity contribution is 0.0563. The fourth-order valence-corrected chi connectivity index (χ4v) is 3.78. The topological polar surface area (TPSA) is 51.9 Å². The van der Waals surface area contributed by atoms with Crippen LogP contribution in [0.15, 0.2) is 34.7 Å². The highest BCUT2D eigenvalue weighted by Crippen LogP contribution is 2.48. The summed E-state index contributed by atoms with van der Waals surface area (Å²) in [5.41, 5.74) is 2.31. The van der Waals surface area contributed by atoms with Crippen LogP contribution in [0.3, 0.4) is 0 Å². The van der Waals surface area contributed by atoms with Crippen LogP contribution in [-0.2, 0) is 11.3 Å². The molecule has 0 saturated carbocycles. The average Bonchev–Trinajstić information content (AvgIpc) is 3.05. The normalized spacial score (nSPS) is 18.6. The zero-order chi connectivity index (χ0) is 18.2.